The minimum atomic E-state index is -2.03. The Morgan fingerprint density at radius 1 is 1.60 bits per heavy atom. The molecule has 0 aromatic carbocycles. The highest BCUT2D eigenvalue weighted by atomic mass is 35.5. The van der Waals surface area contributed by atoms with Crippen molar-refractivity contribution in [1.29, 1.82) is 0 Å². The molecule has 0 bridgehead atoms. The van der Waals surface area contributed by atoms with Crippen molar-refractivity contribution >= 4 is 34.8 Å². The minimum Gasteiger partial charge on any atom is -0.302 e. The Morgan fingerprint density at radius 3 is 2.40 bits per heavy atom. The van der Waals surface area contributed by atoms with Gasteiger partial charge in [0.1, 0.15) is 4.21 Å². The first-order valence-corrected chi connectivity index (χ1v) is 3.98. The van der Waals surface area contributed by atoms with Crippen LogP contribution in [0.3, 0.4) is 0 Å². The largest absolute Gasteiger partial charge is 0.302 e. The van der Waals surface area contributed by atoms with Crippen LogP contribution in [0.2, 0.25) is 0 Å². The van der Waals surface area contributed by atoms with Gasteiger partial charge in [0.25, 0.3) is 0 Å². The van der Waals surface area contributed by atoms with Crippen molar-refractivity contribution in [2.45, 2.75) is 4.21 Å². The van der Waals surface area contributed by atoms with Gasteiger partial charge in [-0.3, -0.25) is 0 Å². The van der Waals surface area contributed by atoms with Crippen LogP contribution in [0, 0.1) is 5.13 Å². The van der Waals surface area contributed by atoms with Gasteiger partial charge in [-0.15, -0.1) is 12.4 Å². The number of thiophene rings is 1. The average Bonchev–Trinajstić information content (AvgIpc) is 2.14. The summed E-state index contributed by atoms with van der Waals surface area (Å²) in [6, 6.07) is 2.45. The smallest absolute Gasteiger partial charge is 0.196 e. The first-order chi connectivity index (χ1) is 4.20. The van der Waals surface area contributed by atoms with Crippen molar-refractivity contribution in [3.8, 4) is 0 Å². The second-order valence-electron chi connectivity index (χ2n) is 1.31. The van der Waals surface area contributed by atoms with E-state index in [1.54, 1.807) is 0 Å². The van der Waals surface area contributed by atoms with Crippen molar-refractivity contribution in [3.05, 3.63) is 17.3 Å². The predicted molar refractivity (Wildman–Crippen MR) is 40.6 cm³/mol. The Kier molecular flexibility index (Phi) is 4.04. The lowest BCUT2D eigenvalue weighted by Gasteiger charge is -1.80. The van der Waals surface area contributed by atoms with Gasteiger partial charge in [-0.05, 0) is 12.1 Å². The number of halogens is 2. The third kappa shape index (κ3) is 2.34. The lowest BCUT2D eigenvalue weighted by atomic mass is 10.7. The van der Waals surface area contributed by atoms with Gasteiger partial charge in [0.15, 0.2) is 16.2 Å². The molecule has 10 heavy (non-hydrogen) atoms. The molecule has 0 aliphatic rings. The molecular formula is C4H4ClFO2S2. The van der Waals surface area contributed by atoms with Crippen LogP contribution in [0.5, 0.6) is 0 Å². The molecule has 0 spiro atoms. The van der Waals surface area contributed by atoms with Gasteiger partial charge in [-0.2, -0.15) is 4.39 Å². The van der Waals surface area contributed by atoms with Gasteiger partial charge in [0.05, 0.1) is 0 Å². The Bertz CT molecular complexity index is 237. The van der Waals surface area contributed by atoms with Crippen LogP contribution < -0.4 is 0 Å². The molecule has 1 aromatic heterocycles. The molecule has 58 valence electrons. The van der Waals surface area contributed by atoms with E-state index in [0.717, 1.165) is 6.07 Å². The minimum absolute atomic E-state index is 0. The maximum atomic E-state index is 12.1. The van der Waals surface area contributed by atoms with E-state index in [1.807, 2.05) is 0 Å². The summed E-state index contributed by atoms with van der Waals surface area (Å²) in [5, 5.41) is -0.438. The topological polar surface area (TPSA) is 37.3 Å². The second kappa shape index (κ2) is 4.02. The van der Waals surface area contributed by atoms with E-state index in [9.17, 15) is 8.60 Å². The maximum absolute atomic E-state index is 12.1. The molecule has 0 aliphatic carbocycles. The average molecular weight is 203 g/mol. The highest BCUT2D eigenvalue weighted by Gasteiger charge is 2.02. The molecule has 2 nitrogen and oxygen atoms in total. The first-order valence-electron chi connectivity index (χ1n) is 2.06. The van der Waals surface area contributed by atoms with Crippen LogP contribution in [-0.4, -0.2) is 8.76 Å². The summed E-state index contributed by atoms with van der Waals surface area (Å²) in [5.74, 6) is 0. The van der Waals surface area contributed by atoms with E-state index >= 15 is 0 Å². The summed E-state index contributed by atoms with van der Waals surface area (Å²) < 4.78 is 30.7. The zero-order valence-electron chi connectivity index (χ0n) is 4.61. The van der Waals surface area contributed by atoms with Crippen LogP contribution in [0.15, 0.2) is 16.3 Å². The van der Waals surface area contributed by atoms with Gasteiger partial charge >= 0.3 is 0 Å². The molecule has 1 heterocycles. The molecule has 0 radical (unpaired) electrons. The summed E-state index contributed by atoms with van der Waals surface area (Å²) >= 11 is -1.35. The lowest BCUT2D eigenvalue weighted by molar-refractivity contribution is 0.566. The van der Waals surface area contributed by atoms with Gasteiger partial charge in [0, 0.05) is 0 Å². The van der Waals surface area contributed by atoms with Crippen molar-refractivity contribution in [1.82, 2.24) is 0 Å². The van der Waals surface area contributed by atoms with E-state index in [-0.39, 0.29) is 16.6 Å². The Labute approximate surface area is 69.8 Å². The Morgan fingerprint density at radius 2 is 2.20 bits per heavy atom. The predicted octanol–water partition coefficient (Wildman–Crippen LogP) is 1.89. The fraction of sp³-hybridized carbons (Fsp3) is 0. The molecule has 0 saturated carbocycles. The molecule has 6 heteroatoms. The van der Waals surface area contributed by atoms with E-state index in [1.165, 1.54) is 6.07 Å². The number of hydrogen-bond donors (Lipinski definition) is 1. The van der Waals surface area contributed by atoms with Gasteiger partial charge in [0.2, 0.25) is 0 Å². The second-order valence-corrected chi connectivity index (χ2v) is 3.54. The van der Waals surface area contributed by atoms with E-state index < -0.39 is 16.2 Å². The third-order valence-corrected chi connectivity index (χ3v) is 2.55. The van der Waals surface area contributed by atoms with Crippen LogP contribution >= 0.6 is 23.7 Å². The standard InChI is InChI=1S/C4H3FO2S2.ClH/c5-3-1-2-4(8-3)9(6)7;/h1-2H,(H,6,7);1H. The molecule has 1 rings (SSSR count). The van der Waals surface area contributed by atoms with Crippen LogP contribution in [0.1, 0.15) is 0 Å². The fourth-order valence-corrected chi connectivity index (χ4v) is 1.56. The van der Waals surface area contributed by atoms with Crippen molar-refractivity contribution in [3.63, 3.8) is 0 Å². The maximum Gasteiger partial charge on any atom is 0.196 e. The molecule has 1 aromatic rings. The molecule has 0 saturated heterocycles. The molecule has 1 N–H and O–H groups in total. The summed E-state index contributed by atoms with van der Waals surface area (Å²) in [6.45, 7) is 0. The van der Waals surface area contributed by atoms with Crippen molar-refractivity contribution < 1.29 is 13.2 Å². The highest BCUT2D eigenvalue weighted by molar-refractivity contribution is 7.81. The zero-order valence-corrected chi connectivity index (χ0v) is 7.06. The molecule has 1 unspecified atom stereocenters. The highest BCUT2D eigenvalue weighted by Crippen LogP contribution is 2.16. The lowest BCUT2D eigenvalue weighted by Crippen LogP contribution is -1.79. The van der Waals surface area contributed by atoms with Crippen LogP contribution in [0.4, 0.5) is 4.39 Å². The normalized spacial score (nSPS) is 12.2. The Hall–Kier alpha value is 0.0300. The molecular weight excluding hydrogens is 199 g/mol. The zero-order chi connectivity index (χ0) is 6.85. The van der Waals surface area contributed by atoms with Crippen molar-refractivity contribution in [2.24, 2.45) is 0 Å². The van der Waals surface area contributed by atoms with E-state index in [4.69, 9.17) is 4.55 Å². The summed E-state index contributed by atoms with van der Waals surface area (Å²) in [6.07, 6.45) is 0. The summed E-state index contributed by atoms with van der Waals surface area (Å²) in [5.41, 5.74) is 0. The monoisotopic (exact) mass is 202 g/mol. The third-order valence-electron chi connectivity index (χ3n) is 0.721. The summed E-state index contributed by atoms with van der Waals surface area (Å²) in [4.78, 5) is 0. The van der Waals surface area contributed by atoms with E-state index in [0.29, 0.717) is 11.3 Å². The van der Waals surface area contributed by atoms with Gasteiger partial charge in [-0.25, -0.2) is 4.21 Å². The first kappa shape index (κ1) is 10.0. The summed E-state index contributed by atoms with van der Waals surface area (Å²) in [7, 11) is 0. The molecule has 0 fully saturated rings. The van der Waals surface area contributed by atoms with Crippen LogP contribution in [-0.2, 0) is 11.1 Å². The van der Waals surface area contributed by atoms with E-state index in [2.05, 4.69) is 0 Å². The molecule has 1 atom stereocenters. The SMILES string of the molecule is Cl.O=S(O)c1ccc(F)s1. The van der Waals surface area contributed by atoms with Gasteiger partial charge in [-0.1, -0.05) is 11.3 Å². The number of rotatable bonds is 1. The molecule has 0 amide bonds. The van der Waals surface area contributed by atoms with Crippen molar-refractivity contribution in [2.75, 3.05) is 0 Å². The van der Waals surface area contributed by atoms with Crippen LogP contribution in [0.25, 0.3) is 0 Å². The molecule has 0 aliphatic heterocycles. The van der Waals surface area contributed by atoms with Gasteiger partial charge < -0.3 is 4.55 Å². The fourth-order valence-electron chi connectivity index (χ4n) is 0.392. The Balaban J connectivity index is 0.000000810. The number of hydrogen-bond acceptors (Lipinski definition) is 2. The quantitative estimate of drug-likeness (QED) is 0.707.